The van der Waals surface area contributed by atoms with Crippen LogP contribution in [0.5, 0.6) is 5.75 Å². The van der Waals surface area contributed by atoms with Gasteiger partial charge in [0.15, 0.2) is 0 Å². The number of hydrogen-bond donors (Lipinski definition) is 3. The van der Waals surface area contributed by atoms with Gasteiger partial charge >= 0.3 is 5.97 Å². The smallest absolute Gasteiger partial charge is 0.337 e. The van der Waals surface area contributed by atoms with E-state index < -0.39 is 5.97 Å². The summed E-state index contributed by atoms with van der Waals surface area (Å²) >= 11 is 0. The van der Waals surface area contributed by atoms with Crippen molar-refractivity contribution in [3.05, 3.63) is 28.8 Å². The van der Waals surface area contributed by atoms with Gasteiger partial charge in [-0.05, 0) is 49.9 Å². The van der Waals surface area contributed by atoms with Gasteiger partial charge in [-0.3, -0.25) is 0 Å². The highest BCUT2D eigenvalue weighted by molar-refractivity contribution is 5.90. The number of hydrogen-bond acceptors (Lipinski definition) is 5. The number of phenols is 1. The number of carbonyl (C=O) groups excluding carboxylic acids is 1. The van der Waals surface area contributed by atoms with E-state index in [1.807, 2.05) is 13.8 Å². The lowest BCUT2D eigenvalue weighted by Gasteiger charge is -2.15. The van der Waals surface area contributed by atoms with Gasteiger partial charge in [0.1, 0.15) is 5.75 Å². The number of methoxy groups -OCH3 is 1. The third-order valence-electron chi connectivity index (χ3n) is 2.77. The molecular formula is C14H24Cl2N2O3. The average molecular weight is 339 g/mol. The first-order valence-corrected chi connectivity index (χ1v) is 6.29. The summed E-state index contributed by atoms with van der Waals surface area (Å²) in [5.41, 5.74) is 13.2. The van der Waals surface area contributed by atoms with Crippen LogP contribution < -0.4 is 11.5 Å². The third kappa shape index (κ3) is 6.52. The molecule has 0 saturated carbocycles. The van der Waals surface area contributed by atoms with Gasteiger partial charge in [-0.2, -0.15) is 0 Å². The molecular weight excluding hydrogens is 315 g/mol. The van der Waals surface area contributed by atoms with Crippen LogP contribution in [-0.2, 0) is 17.6 Å². The minimum Gasteiger partial charge on any atom is -0.507 e. The van der Waals surface area contributed by atoms with Crippen molar-refractivity contribution in [1.29, 1.82) is 0 Å². The minimum atomic E-state index is -0.433. The average Bonchev–Trinajstić information content (AvgIpc) is 2.31. The van der Waals surface area contributed by atoms with E-state index in [1.165, 1.54) is 7.11 Å². The first-order valence-electron chi connectivity index (χ1n) is 6.29. The van der Waals surface area contributed by atoms with Crippen molar-refractivity contribution in [2.24, 2.45) is 11.5 Å². The molecule has 1 aromatic carbocycles. The Morgan fingerprint density at radius 1 is 1.14 bits per heavy atom. The Hall–Kier alpha value is -1.01. The normalized spacial score (nSPS) is 12.6. The zero-order valence-electron chi connectivity index (χ0n) is 12.5. The van der Waals surface area contributed by atoms with Gasteiger partial charge in [-0.15, -0.1) is 24.8 Å². The molecule has 0 fully saturated rings. The van der Waals surface area contributed by atoms with Crippen LogP contribution >= 0.6 is 24.8 Å². The van der Waals surface area contributed by atoms with Gasteiger partial charge in [0.05, 0.1) is 12.7 Å². The number of aromatic hydroxyl groups is 1. The van der Waals surface area contributed by atoms with Crippen LogP contribution in [0.1, 0.15) is 35.3 Å². The molecule has 5 N–H and O–H groups in total. The van der Waals surface area contributed by atoms with Gasteiger partial charge in [0, 0.05) is 12.1 Å². The lowest BCUT2D eigenvalue weighted by molar-refractivity contribution is 0.0600. The van der Waals surface area contributed by atoms with E-state index in [0.29, 0.717) is 29.5 Å². The standard InChI is InChI=1S/C14H22N2O3.2ClH/c1-8(15)4-10-6-12(14(18)19-3)7-11(13(10)17)5-9(2)16;;/h6-9,17H,4-5,15-16H2,1-3H3;2*1H. The molecule has 2 unspecified atom stereocenters. The van der Waals surface area contributed by atoms with E-state index in [9.17, 15) is 9.90 Å². The van der Waals surface area contributed by atoms with Gasteiger partial charge in [0.2, 0.25) is 0 Å². The fraction of sp³-hybridized carbons (Fsp3) is 0.500. The van der Waals surface area contributed by atoms with Gasteiger partial charge < -0.3 is 21.3 Å². The Bertz CT molecular complexity index is 435. The lowest BCUT2D eigenvalue weighted by atomic mass is 9.96. The molecule has 0 saturated heterocycles. The molecule has 0 radical (unpaired) electrons. The Morgan fingerprint density at radius 2 is 1.52 bits per heavy atom. The van der Waals surface area contributed by atoms with E-state index in [0.717, 1.165) is 0 Å². The number of benzene rings is 1. The number of nitrogens with two attached hydrogens (primary N) is 2. The Kier molecular flexibility index (Phi) is 10.4. The fourth-order valence-corrected chi connectivity index (χ4v) is 2.00. The number of phenolic OH excluding ortho intramolecular Hbond substituents is 1. The highest BCUT2D eigenvalue weighted by atomic mass is 35.5. The van der Waals surface area contributed by atoms with Crippen LogP contribution in [0.3, 0.4) is 0 Å². The summed E-state index contributed by atoms with van der Waals surface area (Å²) in [6.45, 7) is 3.69. The predicted molar refractivity (Wildman–Crippen MR) is 88.6 cm³/mol. The summed E-state index contributed by atoms with van der Waals surface area (Å²) < 4.78 is 4.71. The molecule has 1 rings (SSSR count). The molecule has 0 bridgehead atoms. The summed E-state index contributed by atoms with van der Waals surface area (Å²) in [6.07, 6.45) is 0.977. The Labute approximate surface area is 137 Å². The zero-order chi connectivity index (χ0) is 14.6. The van der Waals surface area contributed by atoms with Crippen molar-refractivity contribution >= 4 is 30.8 Å². The van der Waals surface area contributed by atoms with Crippen LogP contribution in [0, 0.1) is 0 Å². The predicted octanol–water partition coefficient (Wildman–Crippen LogP) is 1.80. The Balaban J connectivity index is 0. The highest BCUT2D eigenvalue weighted by Gasteiger charge is 2.16. The quantitative estimate of drug-likeness (QED) is 0.711. The van der Waals surface area contributed by atoms with Crippen molar-refractivity contribution in [3.63, 3.8) is 0 Å². The van der Waals surface area contributed by atoms with Crippen LogP contribution in [-0.4, -0.2) is 30.3 Å². The van der Waals surface area contributed by atoms with Gasteiger partial charge in [-0.1, -0.05) is 0 Å². The molecule has 5 nitrogen and oxygen atoms in total. The second kappa shape index (κ2) is 9.84. The van der Waals surface area contributed by atoms with Crippen molar-refractivity contribution < 1.29 is 14.6 Å². The molecule has 2 atom stereocenters. The first kappa shape index (κ1) is 22.3. The minimum absolute atomic E-state index is 0. The number of halogens is 2. The zero-order valence-corrected chi connectivity index (χ0v) is 14.1. The van der Waals surface area contributed by atoms with Gasteiger partial charge in [-0.25, -0.2) is 4.79 Å². The molecule has 0 aliphatic carbocycles. The van der Waals surface area contributed by atoms with E-state index >= 15 is 0 Å². The van der Waals surface area contributed by atoms with Crippen LogP contribution in [0.15, 0.2) is 12.1 Å². The van der Waals surface area contributed by atoms with Crippen LogP contribution in [0.25, 0.3) is 0 Å². The van der Waals surface area contributed by atoms with E-state index in [1.54, 1.807) is 12.1 Å². The second-order valence-electron chi connectivity index (χ2n) is 5.00. The van der Waals surface area contributed by atoms with E-state index in [4.69, 9.17) is 16.2 Å². The SMILES string of the molecule is COC(=O)c1cc(CC(C)N)c(O)c(CC(C)N)c1.Cl.Cl. The number of ether oxygens (including phenoxy) is 1. The first-order chi connectivity index (χ1) is 8.85. The number of rotatable bonds is 5. The maximum atomic E-state index is 11.6. The number of carbonyl (C=O) groups is 1. The molecule has 7 heteroatoms. The largest absolute Gasteiger partial charge is 0.507 e. The summed E-state index contributed by atoms with van der Waals surface area (Å²) in [6, 6.07) is 3.02. The Morgan fingerprint density at radius 3 is 1.81 bits per heavy atom. The monoisotopic (exact) mass is 338 g/mol. The van der Waals surface area contributed by atoms with Crippen LogP contribution in [0.2, 0.25) is 0 Å². The lowest BCUT2D eigenvalue weighted by Crippen LogP contribution is -2.20. The maximum Gasteiger partial charge on any atom is 0.337 e. The summed E-state index contributed by atoms with van der Waals surface area (Å²) in [7, 11) is 1.33. The molecule has 0 aliphatic rings. The molecule has 21 heavy (non-hydrogen) atoms. The van der Waals surface area contributed by atoms with Crippen molar-refractivity contribution in [1.82, 2.24) is 0 Å². The van der Waals surface area contributed by atoms with E-state index in [-0.39, 0.29) is 42.6 Å². The van der Waals surface area contributed by atoms with Crippen molar-refractivity contribution in [3.8, 4) is 5.75 Å². The molecule has 0 aliphatic heterocycles. The molecule has 0 aromatic heterocycles. The number of esters is 1. The maximum absolute atomic E-state index is 11.6. The molecule has 122 valence electrons. The summed E-state index contributed by atoms with van der Waals surface area (Å²) in [4.78, 5) is 11.6. The second-order valence-corrected chi connectivity index (χ2v) is 5.00. The van der Waals surface area contributed by atoms with Crippen molar-refractivity contribution in [2.45, 2.75) is 38.8 Å². The summed E-state index contributed by atoms with van der Waals surface area (Å²) in [5.74, 6) is -0.265. The third-order valence-corrected chi connectivity index (χ3v) is 2.77. The van der Waals surface area contributed by atoms with Crippen molar-refractivity contribution in [2.75, 3.05) is 7.11 Å². The topological polar surface area (TPSA) is 98.6 Å². The molecule has 0 heterocycles. The molecule has 0 amide bonds. The highest BCUT2D eigenvalue weighted by Crippen LogP contribution is 2.27. The van der Waals surface area contributed by atoms with Crippen LogP contribution in [0.4, 0.5) is 0 Å². The molecule has 1 aromatic rings. The van der Waals surface area contributed by atoms with E-state index in [2.05, 4.69) is 0 Å². The molecule has 0 spiro atoms. The summed E-state index contributed by atoms with van der Waals surface area (Å²) in [5, 5.41) is 10.2. The van der Waals surface area contributed by atoms with Gasteiger partial charge in [0.25, 0.3) is 0 Å². The fourth-order valence-electron chi connectivity index (χ4n) is 2.00.